The normalized spacial score (nSPS) is 12.5. The SMILES string of the molecule is Cc1n[nH]c(C)c1C(NC(=O)c1cc2sccc2[nH]1)C(=O)O. The van der Waals surface area contributed by atoms with Crippen molar-refractivity contribution in [2.45, 2.75) is 19.9 Å². The summed E-state index contributed by atoms with van der Waals surface area (Å²) in [4.78, 5) is 26.8. The Labute approximate surface area is 129 Å². The molecule has 0 aliphatic rings. The second kappa shape index (κ2) is 5.30. The summed E-state index contributed by atoms with van der Waals surface area (Å²) in [6.07, 6.45) is 0. The number of carbonyl (C=O) groups excluding carboxylic acids is 1. The number of amides is 1. The van der Waals surface area contributed by atoms with E-state index in [0.29, 0.717) is 22.6 Å². The number of carbonyl (C=O) groups is 2. The number of hydrogen-bond acceptors (Lipinski definition) is 4. The summed E-state index contributed by atoms with van der Waals surface area (Å²) in [5.41, 5.74) is 2.86. The third kappa shape index (κ3) is 2.37. The lowest BCUT2D eigenvalue weighted by molar-refractivity contribution is -0.139. The summed E-state index contributed by atoms with van der Waals surface area (Å²) < 4.78 is 0.952. The summed E-state index contributed by atoms with van der Waals surface area (Å²) in [5, 5.41) is 20.6. The molecule has 0 aliphatic heterocycles. The molecule has 0 saturated heterocycles. The van der Waals surface area contributed by atoms with E-state index in [4.69, 9.17) is 0 Å². The van der Waals surface area contributed by atoms with Crippen LogP contribution in [0.25, 0.3) is 10.2 Å². The standard InChI is InChI=1S/C14H14N4O3S/c1-6-11(7(2)18-17-6)12(14(20)21)16-13(19)9-5-10-8(15-9)3-4-22-10/h3-5,12,15H,1-2H3,(H,16,19)(H,17,18)(H,20,21). The Kier molecular flexibility index (Phi) is 3.45. The van der Waals surface area contributed by atoms with Crippen LogP contribution in [0.1, 0.15) is 33.5 Å². The number of thiophene rings is 1. The Bertz CT molecular complexity index is 813. The number of carboxylic acids is 1. The van der Waals surface area contributed by atoms with Crippen molar-refractivity contribution in [2.75, 3.05) is 0 Å². The maximum Gasteiger partial charge on any atom is 0.331 e. The van der Waals surface area contributed by atoms with E-state index in [1.165, 1.54) is 11.3 Å². The molecule has 4 N–H and O–H groups in total. The lowest BCUT2D eigenvalue weighted by Crippen LogP contribution is -2.34. The zero-order chi connectivity index (χ0) is 15.9. The summed E-state index contributed by atoms with van der Waals surface area (Å²) in [6, 6.07) is 2.44. The molecule has 0 bridgehead atoms. The lowest BCUT2D eigenvalue weighted by Gasteiger charge is -2.14. The smallest absolute Gasteiger partial charge is 0.331 e. The molecule has 3 aromatic rings. The fourth-order valence-corrected chi connectivity index (χ4v) is 3.20. The highest BCUT2D eigenvalue weighted by Gasteiger charge is 2.28. The number of aromatic nitrogens is 3. The summed E-state index contributed by atoms with van der Waals surface area (Å²) in [6.45, 7) is 3.42. The van der Waals surface area contributed by atoms with Gasteiger partial charge in [0.1, 0.15) is 5.69 Å². The minimum Gasteiger partial charge on any atom is -0.479 e. The molecule has 0 saturated carbocycles. The van der Waals surface area contributed by atoms with Gasteiger partial charge in [-0.05, 0) is 31.4 Å². The molecule has 0 aliphatic carbocycles. The van der Waals surface area contributed by atoms with Gasteiger partial charge in [0.05, 0.1) is 15.9 Å². The lowest BCUT2D eigenvalue weighted by atomic mass is 10.0. The van der Waals surface area contributed by atoms with Crippen LogP contribution in [0.4, 0.5) is 0 Å². The van der Waals surface area contributed by atoms with E-state index in [-0.39, 0.29) is 0 Å². The second-order valence-electron chi connectivity index (χ2n) is 4.97. The molecule has 3 rings (SSSR count). The fourth-order valence-electron chi connectivity index (χ4n) is 2.42. The number of hydrogen-bond donors (Lipinski definition) is 4. The summed E-state index contributed by atoms with van der Waals surface area (Å²) in [7, 11) is 0. The quantitative estimate of drug-likeness (QED) is 0.590. The minimum atomic E-state index is -1.15. The molecule has 1 atom stereocenters. The Morgan fingerprint density at radius 1 is 1.41 bits per heavy atom. The van der Waals surface area contributed by atoms with Crippen molar-refractivity contribution < 1.29 is 14.7 Å². The van der Waals surface area contributed by atoms with Crippen molar-refractivity contribution in [3.8, 4) is 0 Å². The van der Waals surface area contributed by atoms with Crippen LogP contribution < -0.4 is 5.32 Å². The van der Waals surface area contributed by atoms with Crippen LogP contribution in [0.5, 0.6) is 0 Å². The van der Waals surface area contributed by atoms with E-state index >= 15 is 0 Å². The molecule has 114 valence electrons. The van der Waals surface area contributed by atoms with Crippen molar-refractivity contribution >= 4 is 33.4 Å². The Morgan fingerprint density at radius 2 is 2.18 bits per heavy atom. The van der Waals surface area contributed by atoms with Crippen LogP contribution in [-0.2, 0) is 4.79 Å². The average Bonchev–Trinajstić information content (AvgIpc) is 3.11. The van der Waals surface area contributed by atoms with E-state index in [9.17, 15) is 14.7 Å². The molecule has 3 aromatic heterocycles. The van der Waals surface area contributed by atoms with Crippen LogP contribution in [0.15, 0.2) is 17.5 Å². The fraction of sp³-hybridized carbons (Fsp3) is 0.214. The summed E-state index contributed by atoms with van der Waals surface area (Å²) in [5.74, 6) is -1.59. The van der Waals surface area contributed by atoms with E-state index in [1.54, 1.807) is 19.9 Å². The molecule has 0 fully saturated rings. The molecule has 0 spiro atoms. The largest absolute Gasteiger partial charge is 0.479 e. The highest BCUT2D eigenvalue weighted by atomic mass is 32.1. The maximum atomic E-state index is 12.3. The van der Waals surface area contributed by atoms with Crippen molar-refractivity contribution in [1.82, 2.24) is 20.5 Å². The van der Waals surface area contributed by atoms with E-state index in [2.05, 4.69) is 20.5 Å². The molecule has 0 radical (unpaired) electrons. The number of carboxylic acid groups (broad SMARTS) is 1. The summed E-state index contributed by atoms with van der Waals surface area (Å²) >= 11 is 1.51. The van der Waals surface area contributed by atoms with Gasteiger partial charge in [-0.15, -0.1) is 11.3 Å². The Morgan fingerprint density at radius 3 is 2.77 bits per heavy atom. The molecular weight excluding hydrogens is 304 g/mol. The van der Waals surface area contributed by atoms with Crippen molar-refractivity contribution in [1.29, 1.82) is 0 Å². The van der Waals surface area contributed by atoms with Crippen LogP contribution >= 0.6 is 11.3 Å². The number of nitrogens with one attached hydrogen (secondary N) is 3. The van der Waals surface area contributed by atoms with E-state index in [0.717, 1.165) is 10.2 Å². The van der Waals surface area contributed by atoms with Crippen LogP contribution in [0, 0.1) is 13.8 Å². The van der Waals surface area contributed by atoms with Gasteiger partial charge in [-0.1, -0.05) is 0 Å². The first-order valence-electron chi connectivity index (χ1n) is 6.58. The molecule has 1 unspecified atom stereocenters. The van der Waals surface area contributed by atoms with Crippen molar-refractivity contribution in [2.24, 2.45) is 0 Å². The molecule has 8 heteroatoms. The first-order chi connectivity index (χ1) is 10.5. The number of nitrogens with zero attached hydrogens (tertiary/aromatic N) is 1. The van der Waals surface area contributed by atoms with Crippen LogP contribution in [0.3, 0.4) is 0 Å². The first kappa shape index (κ1) is 14.3. The highest BCUT2D eigenvalue weighted by molar-refractivity contribution is 7.17. The number of aromatic amines is 2. The molecule has 3 heterocycles. The highest BCUT2D eigenvalue weighted by Crippen LogP contribution is 2.23. The van der Waals surface area contributed by atoms with Crippen molar-refractivity contribution in [3.63, 3.8) is 0 Å². The average molecular weight is 318 g/mol. The first-order valence-corrected chi connectivity index (χ1v) is 7.46. The molecule has 1 amide bonds. The van der Waals surface area contributed by atoms with E-state index in [1.807, 2.05) is 11.4 Å². The molecule has 22 heavy (non-hydrogen) atoms. The van der Waals surface area contributed by atoms with Gasteiger partial charge in [0.2, 0.25) is 0 Å². The topological polar surface area (TPSA) is 111 Å². The molecule has 7 nitrogen and oxygen atoms in total. The third-order valence-corrected chi connectivity index (χ3v) is 4.34. The monoisotopic (exact) mass is 318 g/mol. The number of fused-ring (bicyclic) bond motifs is 1. The third-order valence-electron chi connectivity index (χ3n) is 3.48. The van der Waals surface area contributed by atoms with Crippen LogP contribution in [-0.4, -0.2) is 32.2 Å². The number of aliphatic carboxylic acids is 1. The zero-order valence-corrected chi connectivity index (χ0v) is 12.7. The van der Waals surface area contributed by atoms with Gasteiger partial charge in [0.25, 0.3) is 5.91 Å². The Hall–Kier alpha value is -2.61. The predicted octanol–water partition coefficient (Wildman–Crippen LogP) is 2.13. The Balaban J connectivity index is 1.89. The maximum absolute atomic E-state index is 12.3. The van der Waals surface area contributed by atoms with E-state index < -0.39 is 17.9 Å². The molecule has 0 aromatic carbocycles. The predicted molar refractivity (Wildman–Crippen MR) is 82.1 cm³/mol. The molecular formula is C14H14N4O3S. The number of H-pyrrole nitrogens is 2. The van der Waals surface area contributed by atoms with Gasteiger partial charge in [-0.2, -0.15) is 5.10 Å². The van der Waals surface area contributed by atoms with Gasteiger partial charge < -0.3 is 15.4 Å². The second-order valence-corrected chi connectivity index (χ2v) is 5.92. The van der Waals surface area contributed by atoms with Gasteiger partial charge in [-0.25, -0.2) is 4.79 Å². The van der Waals surface area contributed by atoms with Crippen LogP contribution in [0.2, 0.25) is 0 Å². The number of aryl methyl sites for hydroxylation is 2. The van der Waals surface area contributed by atoms with Gasteiger partial charge in [0, 0.05) is 11.3 Å². The number of rotatable bonds is 4. The van der Waals surface area contributed by atoms with Gasteiger partial charge >= 0.3 is 5.97 Å². The van der Waals surface area contributed by atoms with Gasteiger partial charge in [-0.3, -0.25) is 9.89 Å². The van der Waals surface area contributed by atoms with Crippen molar-refractivity contribution in [3.05, 3.63) is 40.2 Å². The van der Waals surface area contributed by atoms with Gasteiger partial charge in [0.15, 0.2) is 6.04 Å². The minimum absolute atomic E-state index is 0.340. The zero-order valence-electron chi connectivity index (χ0n) is 11.9.